The monoisotopic (exact) mass is 390 g/mol. The lowest BCUT2D eigenvalue weighted by Crippen LogP contribution is -2.31. The second kappa shape index (κ2) is 8.71. The van der Waals surface area contributed by atoms with Gasteiger partial charge in [0.1, 0.15) is 0 Å². The number of aryl methyl sites for hydroxylation is 1. The van der Waals surface area contributed by atoms with E-state index in [0.717, 1.165) is 6.42 Å². The molecule has 0 saturated carbocycles. The quantitative estimate of drug-likeness (QED) is 0.295. The molecule has 0 bridgehead atoms. The molecule has 4 aromatic carbocycles. The van der Waals surface area contributed by atoms with Gasteiger partial charge in [0.25, 0.3) is 0 Å². The molecule has 0 amide bonds. The van der Waals surface area contributed by atoms with Crippen LogP contribution >= 0.6 is 0 Å². The average Bonchev–Trinajstić information content (AvgIpc) is 2.82. The molecule has 0 atom stereocenters. The first-order chi connectivity index (χ1) is 14.7. The van der Waals surface area contributed by atoms with Gasteiger partial charge in [-0.3, -0.25) is 0 Å². The van der Waals surface area contributed by atoms with Crippen LogP contribution in [0, 0.1) is 0 Å². The Balaban J connectivity index is 2.05. The van der Waals surface area contributed by atoms with Crippen LogP contribution in [-0.4, -0.2) is 0 Å². The minimum Gasteiger partial charge on any atom is -0.0622 e. The predicted molar refractivity (Wildman–Crippen MR) is 128 cm³/mol. The van der Waals surface area contributed by atoms with Crippen molar-refractivity contribution in [3.63, 3.8) is 0 Å². The zero-order chi connectivity index (χ0) is 21.0. The van der Waals surface area contributed by atoms with Crippen LogP contribution in [0.4, 0.5) is 0 Å². The SMILES string of the molecule is CCc1ccc(C(c2ccccc2)(c2ccccc2)c2ccc(C(C)C)cc2)cc1. The van der Waals surface area contributed by atoms with Gasteiger partial charge in [0.15, 0.2) is 0 Å². The Labute approximate surface area is 181 Å². The lowest BCUT2D eigenvalue weighted by atomic mass is 9.65. The van der Waals surface area contributed by atoms with Crippen LogP contribution in [0.3, 0.4) is 0 Å². The molecular weight excluding hydrogens is 360 g/mol. The van der Waals surface area contributed by atoms with Crippen molar-refractivity contribution in [1.82, 2.24) is 0 Å². The van der Waals surface area contributed by atoms with Gasteiger partial charge < -0.3 is 0 Å². The molecule has 30 heavy (non-hydrogen) atoms. The van der Waals surface area contributed by atoms with Crippen LogP contribution in [0.15, 0.2) is 109 Å². The van der Waals surface area contributed by atoms with Gasteiger partial charge in [-0.25, -0.2) is 0 Å². The zero-order valence-electron chi connectivity index (χ0n) is 18.2. The van der Waals surface area contributed by atoms with Crippen molar-refractivity contribution in [2.45, 2.75) is 38.5 Å². The minimum atomic E-state index is -0.357. The number of rotatable bonds is 6. The summed E-state index contributed by atoms with van der Waals surface area (Å²) in [7, 11) is 0. The van der Waals surface area contributed by atoms with Crippen molar-refractivity contribution >= 4 is 0 Å². The van der Waals surface area contributed by atoms with E-state index < -0.39 is 0 Å². The van der Waals surface area contributed by atoms with Crippen molar-refractivity contribution in [3.05, 3.63) is 143 Å². The summed E-state index contributed by atoms with van der Waals surface area (Å²) in [5.41, 5.74) is 7.56. The molecule has 0 radical (unpaired) electrons. The highest BCUT2D eigenvalue weighted by molar-refractivity contribution is 5.60. The molecule has 0 aliphatic heterocycles. The number of hydrogen-bond donors (Lipinski definition) is 0. The highest BCUT2D eigenvalue weighted by Crippen LogP contribution is 2.45. The topological polar surface area (TPSA) is 0 Å². The van der Waals surface area contributed by atoms with E-state index in [1.54, 1.807) is 0 Å². The summed E-state index contributed by atoms with van der Waals surface area (Å²) in [6.07, 6.45) is 1.05. The molecule has 4 rings (SSSR count). The normalized spacial score (nSPS) is 11.6. The maximum absolute atomic E-state index is 2.32. The van der Waals surface area contributed by atoms with E-state index in [-0.39, 0.29) is 5.41 Å². The summed E-state index contributed by atoms with van der Waals surface area (Å²) in [6, 6.07) is 40.2. The molecule has 0 aliphatic rings. The lowest BCUT2D eigenvalue weighted by molar-refractivity contribution is 0.742. The Kier molecular flexibility index (Phi) is 5.86. The molecule has 0 spiro atoms. The van der Waals surface area contributed by atoms with Gasteiger partial charge >= 0.3 is 0 Å². The summed E-state index contributed by atoms with van der Waals surface area (Å²) in [5.74, 6) is 0.519. The first kappa shape index (κ1) is 20.2. The smallest absolute Gasteiger partial charge is 0.0622 e. The van der Waals surface area contributed by atoms with Gasteiger partial charge in [-0.2, -0.15) is 0 Å². The Morgan fingerprint density at radius 2 is 0.933 bits per heavy atom. The largest absolute Gasteiger partial charge is 0.0701 e. The van der Waals surface area contributed by atoms with Crippen molar-refractivity contribution in [1.29, 1.82) is 0 Å². The Bertz CT molecular complexity index is 1020. The molecule has 0 heteroatoms. The second-order valence-electron chi connectivity index (χ2n) is 8.31. The third-order valence-corrected chi connectivity index (χ3v) is 6.22. The Morgan fingerprint density at radius 1 is 0.533 bits per heavy atom. The second-order valence-corrected chi connectivity index (χ2v) is 8.31. The Hall–Kier alpha value is -3.12. The van der Waals surface area contributed by atoms with E-state index in [9.17, 15) is 0 Å². The first-order valence-corrected chi connectivity index (χ1v) is 11.0. The lowest BCUT2D eigenvalue weighted by Gasteiger charge is -2.37. The van der Waals surface area contributed by atoms with Crippen molar-refractivity contribution in [2.24, 2.45) is 0 Å². The van der Waals surface area contributed by atoms with E-state index in [1.807, 2.05) is 0 Å². The molecule has 4 aromatic rings. The third kappa shape index (κ3) is 3.59. The van der Waals surface area contributed by atoms with Crippen molar-refractivity contribution in [3.8, 4) is 0 Å². The summed E-state index contributed by atoms with van der Waals surface area (Å²) >= 11 is 0. The molecule has 0 aliphatic carbocycles. The van der Waals surface area contributed by atoms with Gasteiger partial charge in [-0.15, -0.1) is 0 Å². The van der Waals surface area contributed by atoms with E-state index in [2.05, 4.69) is 130 Å². The zero-order valence-corrected chi connectivity index (χ0v) is 18.2. The molecule has 0 fully saturated rings. The molecule has 0 N–H and O–H groups in total. The van der Waals surface area contributed by atoms with Crippen LogP contribution in [0.5, 0.6) is 0 Å². The highest BCUT2D eigenvalue weighted by Gasteiger charge is 2.38. The fourth-order valence-electron chi connectivity index (χ4n) is 4.48. The van der Waals surface area contributed by atoms with Crippen LogP contribution in [0.1, 0.15) is 60.1 Å². The fraction of sp³-hybridized carbons (Fsp3) is 0.200. The van der Waals surface area contributed by atoms with E-state index in [1.165, 1.54) is 33.4 Å². The standard InChI is InChI=1S/C30H30/c1-4-24-15-19-28(20-16-24)30(26-11-7-5-8-12-26,27-13-9-6-10-14-27)29-21-17-25(18-22-29)23(2)3/h5-23H,4H2,1-3H3. The molecule has 150 valence electrons. The molecule has 0 heterocycles. The van der Waals surface area contributed by atoms with Gasteiger partial charge in [0.05, 0.1) is 5.41 Å². The van der Waals surface area contributed by atoms with E-state index >= 15 is 0 Å². The van der Waals surface area contributed by atoms with Crippen LogP contribution in [0.25, 0.3) is 0 Å². The third-order valence-electron chi connectivity index (χ3n) is 6.22. The average molecular weight is 391 g/mol. The number of benzene rings is 4. The van der Waals surface area contributed by atoms with E-state index in [0.29, 0.717) is 5.92 Å². The summed E-state index contributed by atoms with van der Waals surface area (Å²) < 4.78 is 0. The van der Waals surface area contributed by atoms with Crippen LogP contribution < -0.4 is 0 Å². The summed E-state index contributed by atoms with van der Waals surface area (Å²) in [5, 5.41) is 0. The van der Waals surface area contributed by atoms with E-state index in [4.69, 9.17) is 0 Å². The van der Waals surface area contributed by atoms with Crippen molar-refractivity contribution in [2.75, 3.05) is 0 Å². The molecule has 0 saturated heterocycles. The molecule has 0 unspecified atom stereocenters. The van der Waals surface area contributed by atoms with Crippen molar-refractivity contribution < 1.29 is 0 Å². The maximum atomic E-state index is 2.32. The van der Waals surface area contributed by atoms with Gasteiger partial charge in [-0.1, -0.05) is 130 Å². The van der Waals surface area contributed by atoms with Gasteiger partial charge in [0.2, 0.25) is 0 Å². The highest BCUT2D eigenvalue weighted by atomic mass is 14.4. The summed E-state index contributed by atoms with van der Waals surface area (Å²) in [4.78, 5) is 0. The molecular formula is C30H30. The van der Waals surface area contributed by atoms with Gasteiger partial charge in [-0.05, 0) is 45.7 Å². The first-order valence-electron chi connectivity index (χ1n) is 11.0. The summed E-state index contributed by atoms with van der Waals surface area (Å²) in [6.45, 7) is 6.71. The molecule has 0 nitrogen and oxygen atoms in total. The number of hydrogen-bond acceptors (Lipinski definition) is 0. The molecule has 0 aromatic heterocycles. The van der Waals surface area contributed by atoms with Crippen LogP contribution in [0.2, 0.25) is 0 Å². The minimum absolute atomic E-state index is 0.357. The fourth-order valence-corrected chi connectivity index (χ4v) is 4.48. The van der Waals surface area contributed by atoms with Crippen LogP contribution in [-0.2, 0) is 11.8 Å². The predicted octanol–water partition coefficient (Wildman–Crippen LogP) is 7.76. The van der Waals surface area contributed by atoms with Gasteiger partial charge in [0, 0.05) is 0 Å². The maximum Gasteiger partial charge on any atom is 0.0701 e. The Morgan fingerprint density at radius 3 is 1.33 bits per heavy atom.